The topological polar surface area (TPSA) is 41.1 Å². The van der Waals surface area contributed by atoms with Crippen molar-refractivity contribution < 1.29 is 0 Å². The van der Waals surface area contributed by atoms with E-state index in [1.54, 1.807) is 0 Å². The van der Waals surface area contributed by atoms with E-state index >= 15 is 0 Å². The Morgan fingerprint density at radius 1 is 1.17 bits per heavy atom. The largest absolute Gasteiger partial charge is 0.370 e. The van der Waals surface area contributed by atoms with Gasteiger partial charge in [0.15, 0.2) is 0 Å². The monoisotopic (exact) mass is 250 g/mol. The zero-order valence-corrected chi connectivity index (χ0v) is 12.5. The summed E-state index contributed by atoms with van der Waals surface area (Å²) in [6.07, 6.45) is 1.12. The Labute approximate surface area is 111 Å². The van der Waals surface area contributed by atoms with E-state index in [-0.39, 0.29) is 0 Å². The summed E-state index contributed by atoms with van der Waals surface area (Å²) < 4.78 is 0. The van der Waals surface area contributed by atoms with Crippen molar-refractivity contribution in [1.82, 2.24) is 9.97 Å². The van der Waals surface area contributed by atoms with Crippen LogP contribution >= 0.6 is 0 Å². The van der Waals surface area contributed by atoms with E-state index in [9.17, 15) is 0 Å². The molecular weight excluding hydrogens is 224 g/mol. The van der Waals surface area contributed by atoms with Gasteiger partial charge in [-0.1, -0.05) is 6.92 Å². The minimum absolute atomic E-state index is 0.498. The molecule has 0 aliphatic heterocycles. The molecule has 4 heteroatoms. The van der Waals surface area contributed by atoms with Crippen LogP contribution in [0.15, 0.2) is 0 Å². The van der Waals surface area contributed by atoms with Gasteiger partial charge in [0, 0.05) is 24.7 Å². The van der Waals surface area contributed by atoms with Crippen molar-refractivity contribution in [3.63, 3.8) is 0 Å². The van der Waals surface area contributed by atoms with E-state index in [1.807, 2.05) is 6.92 Å². The smallest absolute Gasteiger partial charge is 0.137 e. The van der Waals surface area contributed by atoms with Crippen LogP contribution in [-0.2, 0) is 0 Å². The maximum absolute atomic E-state index is 4.63. The molecule has 0 aliphatic rings. The lowest BCUT2D eigenvalue weighted by atomic mass is 10.2. The third-order valence-electron chi connectivity index (χ3n) is 3.31. The molecule has 0 aromatic carbocycles. The number of aryl methyl sites for hydroxylation is 1. The normalized spacial score (nSPS) is 12.3. The first-order valence-electron chi connectivity index (χ1n) is 6.90. The number of hydrogen-bond donors (Lipinski definition) is 1. The molecule has 1 aromatic heterocycles. The van der Waals surface area contributed by atoms with Crippen molar-refractivity contribution in [2.24, 2.45) is 0 Å². The number of aromatic nitrogens is 2. The Bertz CT molecular complexity index is 390. The lowest BCUT2D eigenvalue weighted by Crippen LogP contribution is -2.34. The van der Waals surface area contributed by atoms with Crippen LogP contribution in [0.25, 0.3) is 0 Å². The number of nitrogens with one attached hydrogen (secondary N) is 1. The average Bonchev–Trinajstić information content (AvgIpc) is 2.35. The highest BCUT2D eigenvalue weighted by molar-refractivity contribution is 5.59. The van der Waals surface area contributed by atoms with Crippen molar-refractivity contribution in [1.29, 1.82) is 0 Å². The quantitative estimate of drug-likeness (QED) is 0.842. The molecule has 1 rings (SSSR count). The summed E-state index contributed by atoms with van der Waals surface area (Å²) in [6, 6.07) is 0.498. The minimum Gasteiger partial charge on any atom is -0.370 e. The van der Waals surface area contributed by atoms with E-state index in [0.717, 1.165) is 42.5 Å². The number of anilines is 2. The van der Waals surface area contributed by atoms with Crippen molar-refractivity contribution in [3.05, 3.63) is 11.4 Å². The van der Waals surface area contributed by atoms with E-state index in [4.69, 9.17) is 0 Å². The molecule has 0 fully saturated rings. The molecule has 0 radical (unpaired) electrons. The van der Waals surface area contributed by atoms with Gasteiger partial charge in [0.2, 0.25) is 0 Å². The van der Waals surface area contributed by atoms with E-state index in [1.165, 1.54) is 0 Å². The van der Waals surface area contributed by atoms with E-state index in [0.29, 0.717) is 6.04 Å². The van der Waals surface area contributed by atoms with Gasteiger partial charge >= 0.3 is 0 Å². The van der Waals surface area contributed by atoms with Crippen LogP contribution in [0, 0.1) is 13.8 Å². The number of rotatable bonds is 6. The summed E-state index contributed by atoms with van der Waals surface area (Å²) in [7, 11) is 0. The molecule has 0 aliphatic carbocycles. The fourth-order valence-corrected chi connectivity index (χ4v) is 2.12. The molecule has 1 aromatic rings. The molecule has 1 unspecified atom stereocenters. The zero-order chi connectivity index (χ0) is 13.7. The summed E-state index contributed by atoms with van der Waals surface area (Å²) in [6.45, 7) is 14.6. The lowest BCUT2D eigenvalue weighted by Gasteiger charge is -2.30. The zero-order valence-electron chi connectivity index (χ0n) is 12.5. The van der Waals surface area contributed by atoms with Gasteiger partial charge < -0.3 is 10.2 Å². The highest BCUT2D eigenvalue weighted by atomic mass is 15.2. The molecule has 1 heterocycles. The predicted molar refractivity (Wildman–Crippen MR) is 78.4 cm³/mol. The van der Waals surface area contributed by atoms with Gasteiger partial charge in [0.05, 0.1) is 0 Å². The molecule has 18 heavy (non-hydrogen) atoms. The van der Waals surface area contributed by atoms with Crippen LogP contribution in [0.2, 0.25) is 0 Å². The van der Waals surface area contributed by atoms with Gasteiger partial charge in [-0.2, -0.15) is 0 Å². The Morgan fingerprint density at radius 3 is 2.33 bits per heavy atom. The first kappa shape index (κ1) is 14.7. The molecule has 0 bridgehead atoms. The van der Waals surface area contributed by atoms with Gasteiger partial charge in [-0.05, 0) is 41.0 Å². The minimum atomic E-state index is 0.498. The van der Waals surface area contributed by atoms with Crippen molar-refractivity contribution in [2.45, 2.75) is 54.0 Å². The predicted octanol–water partition coefficient (Wildman–Crippen LogP) is 3.15. The molecule has 1 atom stereocenters. The van der Waals surface area contributed by atoms with Crippen LogP contribution in [0.1, 0.15) is 45.5 Å². The van der Waals surface area contributed by atoms with Crippen LogP contribution in [-0.4, -0.2) is 29.1 Å². The third-order valence-corrected chi connectivity index (χ3v) is 3.31. The second-order valence-electron chi connectivity index (χ2n) is 4.64. The number of nitrogens with zero attached hydrogens (tertiary/aromatic N) is 3. The maximum atomic E-state index is 4.63. The van der Waals surface area contributed by atoms with Gasteiger partial charge in [-0.15, -0.1) is 0 Å². The Morgan fingerprint density at radius 2 is 1.83 bits per heavy atom. The van der Waals surface area contributed by atoms with Crippen LogP contribution in [0.4, 0.5) is 11.6 Å². The molecular formula is C14H26N4. The third kappa shape index (κ3) is 3.12. The molecule has 0 saturated heterocycles. The fourth-order valence-electron chi connectivity index (χ4n) is 2.12. The summed E-state index contributed by atoms with van der Waals surface area (Å²) in [4.78, 5) is 11.5. The summed E-state index contributed by atoms with van der Waals surface area (Å²) >= 11 is 0. The first-order chi connectivity index (χ1) is 8.54. The summed E-state index contributed by atoms with van der Waals surface area (Å²) in [5, 5.41) is 3.32. The molecule has 102 valence electrons. The highest BCUT2D eigenvalue weighted by Crippen LogP contribution is 2.25. The Kier molecular flexibility index (Phi) is 5.38. The van der Waals surface area contributed by atoms with Gasteiger partial charge in [-0.25, -0.2) is 9.97 Å². The Hall–Kier alpha value is -1.32. The average molecular weight is 250 g/mol. The van der Waals surface area contributed by atoms with E-state index < -0.39 is 0 Å². The van der Waals surface area contributed by atoms with Gasteiger partial charge in [0.1, 0.15) is 17.5 Å². The number of hydrogen-bond acceptors (Lipinski definition) is 4. The second kappa shape index (κ2) is 6.57. The SMILES string of the molecule is CCNc1nc(C)nc(N(CC)C(C)CC)c1C. The van der Waals surface area contributed by atoms with Gasteiger partial charge in [-0.3, -0.25) is 0 Å². The molecule has 0 saturated carbocycles. The standard InChI is InChI=1S/C14H26N4/c1-7-10(4)18(9-3)14-11(5)13(15-8-2)16-12(6)17-14/h10H,7-9H2,1-6H3,(H,15,16,17). The fraction of sp³-hybridized carbons (Fsp3) is 0.714. The molecule has 0 spiro atoms. The van der Waals surface area contributed by atoms with Crippen molar-refractivity contribution in [3.8, 4) is 0 Å². The van der Waals surface area contributed by atoms with Gasteiger partial charge in [0.25, 0.3) is 0 Å². The van der Waals surface area contributed by atoms with Crippen molar-refractivity contribution >= 4 is 11.6 Å². The maximum Gasteiger partial charge on any atom is 0.137 e. The Balaban J connectivity index is 3.21. The van der Waals surface area contributed by atoms with Crippen LogP contribution < -0.4 is 10.2 Å². The lowest BCUT2D eigenvalue weighted by molar-refractivity contribution is 0.619. The molecule has 0 amide bonds. The van der Waals surface area contributed by atoms with Crippen molar-refractivity contribution in [2.75, 3.05) is 23.3 Å². The van der Waals surface area contributed by atoms with E-state index in [2.05, 4.69) is 54.8 Å². The summed E-state index contributed by atoms with van der Waals surface area (Å²) in [5.41, 5.74) is 1.14. The highest BCUT2D eigenvalue weighted by Gasteiger charge is 2.17. The molecule has 4 nitrogen and oxygen atoms in total. The van der Waals surface area contributed by atoms with Crippen LogP contribution in [0.3, 0.4) is 0 Å². The second-order valence-corrected chi connectivity index (χ2v) is 4.64. The molecule has 1 N–H and O–H groups in total. The summed E-state index contributed by atoms with van der Waals surface area (Å²) in [5.74, 6) is 2.85. The first-order valence-corrected chi connectivity index (χ1v) is 6.90. The van der Waals surface area contributed by atoms with Crippen LogP contribution in [0.5, 0.6) is 0 Å².